The highest BCUT2D eigenvalue weighted by atomic mass is 16.3. The van der Waals surface area contributed by atoms with Crippen molar-refractivity contribution in [1.82, 2.24) is 19.9 Å². The van der Waals surface area contributed by atoms with Gasteiger partial charge in [0.15, 0.2) is 11.5 Å². The number of anilines is 2. The average molecular weight is 250 g/mol. The van der Waals surface area contributed by atoms with E-state index >= 15 is 0 Å². The van der Waals surface area contributed by atoms with Gasteiger partial charge in [-0.2, -0.15) is 9.97 Å². The molecule has 2 aromatic rings. The number of imidazole rings is 1. The fourth-order valence-corrected chi connectivity index (χ4v) is 1.85. The highest BCUT2D eigenvalue weighted by Gasteiger charge is 2.10. The number of aliphatic hydroxyl groups excluding tert-OH is 1. The molecule has 0 radical (unpaired) electrons. The molecule has 0 aromatic carbocycles. The number of aromatic nitrogens is 4. The molecule has 0 aliphatic rings. The van der Waals surface area contributed by atoms with E-state index < -0.39 is 0 Å². The molecule has 0 spiro atoms. The molecule has 7 nitrogen and oxygen atoms in total. The minimum atomic E-state index is 0.200. The van der Waals surface area contributed by atoms with E-state index in [4.69, 9.17) is 10.8 Å². The van der Waals surface area contributed by atoms with Gasteiger partial charge in [0.2, 0.25) is 5.95 Å². The number of H-pyrrole nitrogens is 1. The van der Waals surface area contributed by atoms with Crippen molar-refractivity contribution < 1.29 is 5.11 Å². The number of nitrogens with two attached hydrogens (primary N) is 1. The van der Waals surface area contributed by atoms with Crippen molar-refractivity contribution in [3.63, 3.8) is 0 Å². The molecule has 5 N–H and O–H groups in total. The average Bonchev–Trinajstić information content (AvgIpc) is 2.82. The lowest BCUT2D eigenvalue weighted by Crippen LogP contribution is -2.16. The fraction of sp³-hybridized carbons (Fsp3) is 0.545. The Balaban J connectivity index is 2.13. The standard InChI is InChI=1S/C11H18N6O/c1-2-7(3-4-18)5-13-9-8-10(15-6-14-8)17-11(12)16-9/h6-7,18H,2-5H2,1H3,(H4,12,13,14,15,16,17). The lowest BCUT2D eigenvalue weighted by atomic mass is 10.0. The molecule has 0 aliphatic heterocycles. The van der Waals surface area contributed by atoms with Gasteiger partial charge >= 0.3 is 0 Å². The lowest BCUT2D eigenvalue weighted by molar-refractivity contribution is 0.258. The van der Waals surface area contributed by atoms with Crippen LogP contribution < -0.4 is 11.1 Å². The Kier molecular flexibility index (Phi) is 3.93. The second kappa shape index (κ2) is 5.63. The van der Waals surface area contributed by atoms with Crippen LogP contribution in [0.15, 0.2) is 6.33 Å². The first-order chi connectivity index (χ1) is 8.74. The Labute approximate surface area is 105 Å². The van der Waals surface area contributed by atoms with E-state index in [1.165, 1.54) is 0 Å². The molecule has 7 heteroatoms. The van der Waals surface area contributed by atoms with Crippen molar-refractivity contribution >= 4 is 22.9 Å². The summed E-state index contributed by atoms with van der Waals surface area (Å²) in [5.41, 5.74) is 6.93. The smallest absolute Gasteiger partial charge is 0.224 e. The number of nitrogens with zero attached hydrogens (tertiary/aromatic N) is 3. The Bertz CT molecular complexity index is 511. The van der Waals surface area contributed by atoms with Gasteiger partial charge in [-0.25, -0.2) is 4.98 Å². The first kappa shape index (κ1) is 12.6. The summed E-state index contributed by atoms with van der Waals surface area (Å²) in [4.78, 5) is 15.2. The number of hydrogen-bond donors (Lipinski definition) is 4. The van der Waals surface area contributed by atoms with Gasteiger partial charge in [0.05, 0.1) is 6.33 Å². The fourth-order valence-electron chi connectivity index (χ4n) is 1.85. The zero-order chi connectivity index (χ0) is 13.0. The summed E-state index contributed by atoms with van der Waals surface area (Å²) in [5.74, 6) is 1.27. The van der Waals surface area contributed by atoms with Crippen LogP contribution in [0.4, 0.5) is 11.8 Å². The molecule has 1 atom stereocenters. The van der Waals surface area contributed by atoms with E-state index in [1.54, 1.807) is 6.33 Å². The molecule has 1 unspecified atom stereocenters. The zero-order valence-electron chi connectivity index (χ0n) is 10.3. The Morgan fingerprint density at radius 2 is 2.33 bits per heavy atom. The summed E-state index contributed by atoms with van der Waals surface area (Å²) in [5, 5.41) is 12.2. The molecular formula is C11H18N6O. The SMILES string of the molecule is CCC(CCO)CNc1nc(N)nc2nc[nH]c12. The summed E-state index contributed by atoms with van der Waals surface area (Å²) in [7, 11) is 0. The second-order valence-electron chi connectivity index (χ2n) is 4.20. The van der Waals surface area contributed by atoms with E-state index in [0.29, 0.717) is 17.4 Å². The van der Waals surface area contributed by atoms with Gasteiger partial charge < -0.3 is 21.1 Å². The Morgan fingerprint density at radius 1 is 1.50 bits per heavy atom. The largest absolute Gasteiger partial charge is 0.396 e. The van der Waals surface area contributed by atoms with Crippen LogP contribution in [0, 0.1) is 5.92 Å². The van der Waals surface area contributed by atoms with E-state index in [-0.39, 0.29) is 12.6 Å². The third-order valence-electron chi connectivity index (χ3n) is 2.98. The quantitative estimate of drug-likeness (QED) is 0.602. The number of nitrogen functional groups attached to an aromatic ring is 1. The molecule has 0 amide bonds. The summed E-state index contributed by atoms with van der Waals surface area (Å²) < 4.78 is 0. The van der Waals surface area contributed by atoms with Crippen molar-refractivity contribution in [1.29, 1.82) is 0 Å². The van der Waals surface area contributed by atoms with Crippen molar-refractivity contribution in [3.8, 4) is 0 Å². The molecular weight excluding hydrogens is 232 g/mol. The summed E-state index contributed by atoms with van der Waals surface area (Å²) in [6.07, 6.45) is 3.34. The highest BCUT2D eigenvalue weighted by Crippen LogP contribution is 2.18. The maximum absolute atomic E-state index is 8.96. The Hall–Kier alpha value is -1.89. The van der Waals surface area contributed by atoms with Crippen molar-refractivity contribution in [2.45, 2.75) is 19.8 Å². The zero-order valence-corrected chi connectivity index (χ0v) is 10.3. The molecule has 2 heterocycles. The van der Waals surface area contributed by atoms with E-state index in [0.717, 1.165) is 24.9 Å². The monoisotopic (exact) mass is 250 g/mol. The topological polar surface area (TPSA) is 113 Å². The molecule has 18 heavy (non-hydrogen) atoms. The first-order valence-corrected chi connectivity index (χ1v) is 6.06. The van der Waals surface area contributed by atoms with Crippen molar-refractivity contribution in [3.05, 3.63) is 6.33 Å². The predicted molar refractivity (Wildman–Crippen MR) is 70.1 cm³/mol. The number of nitrogens with one attached hydrogen (secondary N) is 2. The van der Waals surface area contributed by atoms with Crippen LogP contribution in [-0.2, 0) is 0 Å². The third-order valence-corrected chi connectivity index (χ3v) is 2.98. The van der Waals surface area contributed by atoms with E-state index in [1.807, 2.05) is 0 Å². The van der Waals surface area contributed by atoms with Crippen LogP contribution >= 0.6 is 0 Å². The molecule has 0 aliphatic carbocycles. The number of rotatable bonds is 6. The minimum absolute atomic E-state index is 0.200. The van der Waals surface area contributed by atoms with Crippen LogP contribution in [0.3, 0.4) is 0 Å². The van der Waals surface area contributed by atoms with Gasteiger partial charge in [-0.1, -0.05) is 13.3 Å². The van der Waals surface area contributed by atoms with Gasteiger partial charge in [-0.15, -0.1) is 0 Å². The molecule has 0 saturated carbocycles. The maximum Gasteiger partial charge on any atom is 0.224 e. The predicted octanol–water partition coefficient (Wildman–Crippen LogP) is 0.756. The van der Waals surface area contributed by atoms with Gasteiger partial charge in [0, 0.05) is 13.2 Å². The molecule has 0 bridgehead atoms. The van der Waals surface area contributed by atoms with Crippen molar-refractivity contribution in [2.24, 2.45) is 5.92 Å². The number of hydrogen-bond acceptors (Lipinski definition) is 6. The normalized spacial score (nSPS) is 12.8. The maximum atomic E-state index is 8.96. The van der Waals surface area contributed by atoms with E-state index in [2.05, 4.69) is 32.2 Å². The number of aliphatic hydroxyl groups is 1. The molecule has 0 saturated heterocycles. The highest BCUT2D eigenvalue weighted by molar-refractivity contribution is 5.83. The van der Waals surface area contributed by atoms with Crippen molar-refractivity contribution in [2.75, 3.05) is 24.2 Å². The van der Waals surface area contributed by atoms with Crippen LogP contribution in [-0.4, -0.2) is 38.2 Å². The molecule has 2 aromatic heterocycles. The molecule has 98 valence electrons. The lowest BCUT2D eigenvalue weighted by Gasteiger charge is -2.15. The third kappa shape index (κ3) is 2.67. The summed E-state index contributed by atoms with van der Waals surface area (Å²) >= 11 is 0. The second-order valence-corrected chi connectivity index (χ2v) is 4.20. The van der Waals surface area contributed by atoms with Crippen LogP contribution in [0.1, 0.15) is 19.8 Å². The van der Waals surface area contributed by atoms with E-state index in [9.17, 15) is 0 Å². The Morgan fingerprint density at radius 3 is 3.06 bits per heavy atom. The number of aromatic amines is 1. The molecule has 2 rings (SSSR count). The van der Waals surface area contributed by atoms with Gasteiger partial charge in [-0.3, -0.25) is 0 Å². The summed E-state index contributed by atoms with van der Waals surface area (Å²) in [6, 6.07) is 0. The van der Waals surface area contributed by atoms with Gasteiger partial charge in [-0.05, 0) is 12.3 Å². The summed E-state index contributed by atoms with van der Waals surface area (Å²) in [6.45, 7) is 3.04. The molecule has 0 fully saturated rings. The van der Waals surface area contributed by atoms with Gasteiger partial charge in [0.25, 0.3) is 0 Å². The van der Waals surface area contributed by atoms with Gasteiger partial charge in [0.1, 0.15) is 5.52 Å². The van der Waals surface area contributed by atoms with Crippen LogP contribution in [0.2, 0.25) is 0 Å². The first-order valence-electron chi connectivity index (χ1n) is 6.06. The number of fused-ring (bicyclic) bond motifs is 1. The van der Waals surface area contributed by atoms with Crippen LogP contribution in [0.5, 0.6) is 0 Å². The minimum Gasteiger partial charge on any atom is -0.396 e. The van der Waals surface area contributed by atoms with Crippen LogP contribution in [0.25, 0.3) is 11.2 Å².